The minimum atomic E-state index is 0. The van der Waals surface area contributed by atoms with Crippen LogP contribution in [0.25, 0.3) is 0 Å². The molecule has 0 atom stereocenters. The van der Waals surface area contributed by atoms with Crippen molar-refractivity contribution in [3.05, 3.63) is 12.7 Å². The van der Waals surface area contributed by atoms with E-state index in [1.165, 1.54) is 0 Å². The Balaban J connectivity index is -0.0000000133. The minimum Gasteiger partial charge on any atom is -0.126 e. The quantitative estimate of drug-likeness (QED) is 0.404. The van der Waals surface area contributed by atoms with E-state index in [-0.39, 0.29) is 46.2 Å². The average Bonchev–Trinajstić information content (AvgIpc) is 1.41. The Morgan fingerprint density at radius 3 is 1.56 bits per heavy atom. The molecule has 0 bridgehead atoms. The van der Waals surface area contributed by atoms with Crippen molar-refractivity contribution in [2.24, 2.45) is 0 Å². The van der Waals surface area contributed by atoms with Gasteiger partial charge in [-0.15, -0.1) is 18.2 Å². The van der Waals surface area contributed by atoms with Crippen molar-refractivity contribution in [1.82, 2.24) is 0 Å². The molecule has 0 aromatic rings. The molecule has 2 heteroatoms. The first-order valence-electron chi connectivity index (χ1n) is 1.58. The molecule has 0 spiro atoms. The number of rotatable bonds is 2. The fourth-order valence-electron chi connectivity index (χ4n) is 0.0772. The van der Waals surface area contributed by atoms with Gasteiger partial charge in [0, 0.05) is 29.8 Å². The summed E-state index contributed by atoms with van der Waals surface area (Å²) in [5.74, 6) is 0.698. The van der Waals surface area contributed by atoms with Gasteiger partial charge in [0.1, 0.15) is 0 Å². The first-order chi connectivity index (χ1) is 2.41. The van der Waals surface area contributed by atoms with Crippen molar-refractivity contribution < 1.29 is 0 Å². The number of hydrogen-bond acceptors (Lipinski definition) is 0. The van der Waals surface area contributed by atoms with Crippen LogP contribution in [0.3, 0.4) is 0 Å². The second-order valence-electron chi connectivity index (χ2n) is 0.766. The van der Waals surface area contributed by atoms with Gasteiger partial charge in [0.25, 0.3) is 0 Å². The van der Waals surface area contributed by atoms with Crippen molar-refractivity contribution in [1.29, 1.82) is 0 Å². The maximum absolute atomic E-state index is 5.23. The van der Waals surface area contributed by atoms with Crippen LogP contribution in [0.4, 0.5) is 0 Å². The van der Waals surface area contributed by atoms with Crippen molar-refractivity contribution in [2.45, 2.75) is 28.7 Å². The summed E-state index contributed by atoms with van der Waals surface area (Å²) in [7, 11) is 0. The largest absolute Gasteiger partial charge is 0.126 e. The van der Waals surface area contributed by atoms with E-state index in [0.717, 1.165) is 6.42 Å². The molecule has 0 saturated carbocycles. The molecule has 0 nitrogen and oxygen atoms in total. The smallest absolute Gasteiger partial charge is 0.0257 e. The van der Waals surface area contributed by atoms with Crippen LogP contribution >= 0.6 is 11.6 Å². The van der Waals surface area contributed by atoms with Crippen LogP contribution in [0.2, 0.25) is 0 Å². The van der Waals surface area contributed by atoms with Gasteiger partial charge >= 0.3 is 0 Å². The van der Waals surface area contributed by atoms with Crippen molar-refractivity contribution in [2.75, 3.05) is 5.88 Å². The van der Waals surface area contributed by atoms with Gasteiger partial charge < -0.3 is 0 Å². The minimum absolute atomic E-state index is 0. The predicted octanol–water partition coefficient (Wildman–Crippen LogP) is 3.33. The molecular weight excluding hydrogens is 238 g/mol. The van der Waals surface area contributed by atoms with E-state index in [1.807, 2.05) is 0 Å². The summed E-state index contributed by atoms with van der Waals surface area (Å²) in [5, 5.41) is 0. The number of allylic oxidation sites excluding steroid dienone is 1. The van der Waals surface area contributed by atoms with E-state index in [4.69, 9.17) is 11.6 Å². The molecule has 0 aromatic carbocycles. The Labute approximate surface area is 82.6 Å². The SMILES string of the molecule is C.C.C.C=CCCCl.[Sn]. The Morgan fingerprint density at radius 2 is 1.56 bits per heavy atom. The van der Waals surface area contributed by atoms with Crippen LogP contribution in [0, 0.1) is 0 Å². The standard InChI is InChI=1S/C4H7Cl.3CH4.Sn/c1-2-3-4-5;;;;/h2H,1,3-4H2;3*1H4;. The monoisotopic (exact) mass is 258 g/mol. The van der Waals surface area contributed by atoms with Crippen LogP contribution < -0.4 is 0 Å². The summed E-state index contributed by atoms with van der Waals surface area (Å²) in [6.07, 6.45) is 2.72. The molecule has 58 valence electrons. The summed E-state index contributed by atoms with van der Waals surface area (Å²) in [6, 6.07) is 0. The summed E-state index contributed by atoms with van der Waals surface area (Å²) in [6.45, 7) is 3.47. The number of halogens is 1. The van der Waals surface area contributed by atoms with E-state index in [2.05, 4.69) is 6.58 Å². The fourth-order valence-corrected chi connectivity index (χ4v) is 0.231. The Bertz CT molecular complexity index is 30.1. The molecule has 0 saturated heterocycles. The first-order valence-corrected chi connectivity index (χ1v) is 2.12. The van der Waals surface area contributed by atoms with E-state index in [1.54, 1.807) is 6.08 Å². The topological polar surface area (TPSA) is 0 Å². The van der Waals surface area contributed by atoms with Crippen LogP contribution in [-0.2, 0) is 0 Å². The van der Waals surface area contributed by atoms with Gasteiger partial charge in [-0.2, -0.15) is 0 Å². The molecule has 0 aliphatic carbocycles. The van der Waals surface area contributed by atoms with Gasteiger partial charge in [0.15, 0.2) is 0 Å². The molecule has 0 rings (SSSR count). The molecule has 0 fully saturated rings. The van der Waals surface area contributed by atoms with Gasteiger partial charge in [0.2, 0.25) is 0 Å². The van der Waals surface area contributed by atoms with Crippen LogP contribution in [0.5, 0.6) is 0 Å². The molecule has 0 amide bonds. The third-order valence-corrected chi connectivity index (χ3v) is 0.531. The molecule has 0 heterocycles. The van der Waals surface area contributed by atoms with Gasteiger partial charge in [-0.3, -0.25) is 0 Å². The summed E-state index contributed by atoms with van der Waals surface area (Å²) >= 11 is 5.23. The Hall–Kier alpha value is 0.829. The fraction of sp³-hybridized carbons (Fsp3) is 0.714. The van der Waals surface area contributed by atoms with Gasteiger partial charge in [0.05, 0.1) is 0 Å². The molecule has 0 aliphatic heterocycles. The zero-order chi connectivity index (χ0) is 4.12. The molecular formula is C7H19ClSn. The third-order valence-electron chi connectivity index (χ3n) is 0.313. The van der Waals surface area contributed by atoms with E-state index in [9.17, 15) is 0 Å². The normalized spacial score (nSPS) is 4.11. The van der Waals surface area contributed by atoms with Gasteiger partial charge in [-0.05, 0) is 6.42 Å². The zero-order valence-electron chi connectivity index (χ0n) is 3.58. The summed E-state index contributed by atoms with van der Waals surface area (Å²) in [4.78, 5) is 0. The summed E-state index contributed by atoms with van der Waals surface area (Å²) in [5.41, 5.74) is 0. The molecule has 9 heavy (non-hydrogen) atoms. The van der Waals surface area contributed by atoms with Crippen molar-refractivity contribution >= 4 is 35.5 Å². The number of hydrogen-bond donors (Lipinski definition) is 0. The van der Waals surface area contributed by atoms with Gasteiger partial charge in [-0.1, -0.05) is 28.4 Å². The van der Waals surface area contributed by atoms with E-state index >= 15 is 0 Å². The maximum Gasteiger partial charge on any atom is 0.0257 e. The van der Waals surface area contributed by atoms with Crippen LogP contribution in [0.15, 0.2) is 12.7 Å². The molecule has 0 aromatic heterocycles. The van der Waals surface area contributed by atoms with Crippen LogP contribution in [0.1, 0.15) is 28.7 Å². The average molecular weight is 257 g/mol. The maximum atomic E-state index is 5.23. The van der Waals surface area contributed by atoms with Gasteiger partial charge in [-0.25, -0.2) is 0 Å². The zero-order valence-corrected chi connectivity index (χ0v) is 7.19. The second-order valence-corrected chi connectivity index (χ2v) is 1.14. The Morgan fingerprint density at radius 1 is 1.22 bits per heavy atom. The molecule has 4 radical (unpaired) electrons. The van der Waals surface area contributed by atoms with Crippen LogP contribution in [-0.4, -0.2) is 29.8 Å². The Kier molecular flexibility index (Phi) is 135. The van der Waals surface area contributed by atoms with Crippen molar-refractivity contribution in [3.63, 3.8) is 0 Å². The van der Waals surface area contributed by atoms with E-state index in [0.29, 0.717) is 5.88 Å². The molecule has 0 N–H and O–H groups in total. The third kappa shape index (κ3) is 51.5. The predicted molar refractivity (Wildman–Crippen MR) is 51.5 cm³/mol. The number of alkyl halides is 1. The molecule has 0 aliphatic rings. The second kappa shape index (κ2) is 36.9. The summed E-state index contributed by atoms with van der Waals surface area (Å²) < 4.78 is 0. The first kappa shape index (κ1) is 32.9. The van der Waals surface area contributed by atoms with E-state index < -0.39 is 0 Å². The molecule has 0 unspecified atom stereocenters. The van der Waals surface area contributed by atoms with Crippen molar-refractivity contribution in [3.8, 4) is 0 Å².